The Bertz CT molecular complexity index is 190. The first-order valence-electron chi connectivity index (χ1n) is 2.18. The first kappa shape index (κ1) is 8.77. The second kappa shape index (κ2) is 5.90. The Balaban J connectivity index is 3.63. The normalized spacial score (nSPS) is 10.8. The van der Waals surface area contributed by atoms with E-state index in [4.69, 9.17) is 11.1 Å². The summed E-state index contributed by atoms with van der Waals surface area (Å²) < 4.78 is 10.5. The van der Waals surface area contributed by atoms with Crippen LogP contribution in [-0.4, -0.2) is 16.0 Å². The summed E-state index contributed by atoms with van der Waals surface area (Å²) in [4.78, 5) is 4.76. The summed E-state index contributed by atoms with van der Waals surface area (Å²) in [6, 6.07) is 0. The highest BCUT2D eigenvalue weighted by Gasteiger charge is 1.91. The lowest BCUT2D eigenvalue weighted by molar-refractivity contribution is 0.683. The van der Waals surface area contributed by atoms with Gasteiger partial charge in [0, 0.05) is 20.6 Å². The van der Waals surface area contributed by atoms with Gasteiger partial charge in [0.25, 0.3) is 0 Å². The van der Waals surface area contributed by atoms with Crippen LogP contribution in [0.1, 0.15) is 0 Å². The van der Waals surface area contributed by atoms with Crippen molar-refractivity contribution in [2.24, 2.45) is 10.2 Å². The van der Waals surface area contributed by atoms with Gasteiger partial charge in [0.05, 0.1) is 0 Å². The molecule has 0 rings (SSSR count). The Morgan fingerprint density at radius 2 is 1.60 bits per heavy atom. The molecular weight excluding hydrogens is 156 g/mol. The molecule has 0 aliphatic heterocycles. The van der Waals surface area contributed by atoms with Crippen molar-refractivity contribution < 1.29 is 4.21 Å². The summed E-state index contributed by atoms with van der Waals surface area (Å²) in [5.41, 5.74) is 15.5. The fourth-order valence-corrected chi connectivity index (χ4v) is 0.664. The summed E-state index contributed by atoms with van der Waals surface area (Å²) in [5, 5.41) is 6.04. The Hall–Kier alpha value is -1.23. The lowest BCUT2D eigenvalue weighted by atomic mass is 11.5. The van der Waals surface area contributed by atoms with Crippen LogP contribution >= 0.6 is 0 Å². The van der Waals surface area contributed by atoms with Gasteiger partial charge in [0.15, 0.2) is 0 Å². The van der Waals surface area contributed by atoms with E-state index >= 15 is 0 Å². The molecule has 0 fully saturated rings. The van der Waals surface area contributed by atoms with E-state index in [1.807, 2.05) is 0 Å². The maximum atomic E-state index is 10.5. The zero-order chi connectivity index (χ0) is 7.82. The largest absolute Gasteiger partial charge is 0.259 e. The molecule has 0 unspecified atom stereocenters. The van der Waals surface area contributed by atoms with Crippen LogP contribution in [0.4, 0.5) is 0 Å². The molecule has 0 N–H and O–H groups in total. The van der Waals surface area contributed by atoms with Crippen molar-refractivity contribution >= 4 is 10.8 Å². The molecule has 0 bridgehead atoms. The van der Waals surface area contributed by atoms with Crippen LogP contribution in [0.5, 0.6) is 0 Å². The Morgan fingerprint density at radius 1 is 1.20 bits per heavy atom. The van der Waals surface area contributed by atoms with E-state index in [0.29, 0.717) is 0 Å². The Morgan fingerprint density at radius 3 is 1.90 bits per heavy atom. The zero-order valence-corrected chi connectivity index (χ0v) is 5.73. The van der Waals surface area contributed by atoms with Gasteiger partial charge in [-0.3, -0.25) is 4.21 Å². The zero-order valence-electron chi connectivity index (χ0n) is 4.91. The highest BCUT2D eigenvalue weighted by molar-refractivity contribution is 7.84. The number of hydrogen-bond acceptors (Lipinski definition) is 3. The van der Waals surface area contributed by atoms with Crippen molar-refractivity contribution in [2.75, 3.05) is 11.8 Å². The molecule has 0 aromatic rings. The molecule has 10 heavy (non-hydrogen) atoms. The van der Waals surface area contributed by atoms with E-state index in [1.165, 1.54) is 0 Å². The number of hydrogen-bond donors (Lipinski definition) is 0. The monoisotopic (exact) mass is 160 g/mol. The summed E-state index contributed by atoms with van der Waals surface area (Å²) in [6.45, 7) is 0. The van der Waals surface area contributed by atoms with Crippen LogP contribution in [0.2, 0.25) is 0 Å². The SMILES string of the molecule is [N-]=[N+]=NCS(=O)CN=[N+]=[N-]. The van der Waals surface area contributed by atoms with Crippen LogP contribution in [0, 0.1) is 0 Å². The predicted octanol–water partition coefficient (Wildman–Crippen LogP) is 1.27. The average molecular weight is 160 g/mol. The molecular formula is C2H4N6OS. The molecule has 0 aromatic carbocycles. The first-order valence-corrected chi connectivity index (χ1v) is 3.66. The molecule has 0 radical (unpaired) electrons. The molecule has 7 nitrogen and oxygen atoms in total. The van der Waals surface area contributed by atoms with E-state index in [0.717, 1.165) is 0 Å². The fourth-order valence-electron chi connectivity index (χ4n) is 0.221. The van der Waals surface area contributed by atoms with Crippen molar-refractivity contribution in [3.63, 3.8) is 0 Å². The van der Waals surface area contributed by atoms with Crippen LogP contribution < -0.4 is 0 Å². The quantitative estimate of drug-likeness (QED) is 0.344. The molecule has 54 valence electrons. The van der Waals surface area contributed by atoms with Crippen molar-refractivity contribution in [1.82, 2.24) is 0 Å². The molecule has 0 atom stereocenters. The van der Waals surface area contributed by atoms with Gasteiger partial charge in [-0.1, -0.05) is 10.2 Å². The predicted molar refractivity (Wildman–Crippen MR) is 36.2 cm³/mol. The highest BCUT2D eigenvalue weighted by atomic mass is 32.2. The number of azide groups is 2. The fraction of sp³-hybridized carbons (Fsp3) is 1.00. The van der Waals surface area contributed by atoms with E-state index in [2.05, 4.69) is 20.1 Å². The van der Waals surface area contributed by atoms with Gasteiger partial charge in [-0.2, -0.15) is 0 Å². The van der Waals surface area contributed by atoms with Gasteiger partial charge in [-0.15, -0.1) is 0 Å². The van der Waals surface area contributed by atoms with Crippen LogP contribution in [-0.2, 0) is 10.8 Å². The van der Waals surface area contributed by atoms with Gasteiger partial charge in [0.2, 0.25) is 0 Å². The van der Waals surface area contributed by atoms with Crippen molar-refractivity contribution in [1.29, 1.82) is 0 Å². The minimum absolute atomic E-state index is 0.143. The molecule has 0 saturated heterocycles. The second-order valence-corrected chi connectivity index (χ2v) is 2.56. The van der Waals surface area contributed by atoms with E-state index < -0.39 is 10.8 Å². The van der Waals surface area contributed by atoms with Crippen molar-refractivity contribution in [2.45, 2.75) is 0 Å². The summed E-state index contributed by atoms with van der Waals surface area (Å²) in [7, 11) is -1.36. The average Bonchev–Trinajstić information content (AvgIpc) is 1.97. The molecule has 0 aliphatic carbocycles. The lowest BCUT2D eigenvalue weighted by Gasteiger charge is -1.85. The number of nitrogens with zero attached hydrogens (tertiary/aromatic N) is 6. The van der Waals surface area contributed by atoms with E-state index in [9.17, 15) is 4.21 Å². The Kier molecular flexibility index (Phi) is 5.17. The van der Waals surface area contributed by atoms with Crippen molar-refractivity contribution in [3.8, 4) is 0 Å². The summed E-state index contributed by atoms with van der Waals surface area (Å²) in [6.07, 6.45) is 0. The van der Waals surface area contributed by atoms with Gasteiger partial charge >= 0.3 is 0 Å². The highest BCUT2D eigenvalue weighted by Crippen LogP contribution is 1.84. The third kappa shape index (κ3) is 4.92. The van der Waals surface area contributed by atoms with Gasteiger partial charge in [-0.05, 0) is 11.1 Å². The topological polar surface area (TPSA) is 115 Å². The Labute approximate surface area is 58.7 Å². The van der Waals surface area contributed by atoms with Crippen LogP contribution in [0.25, 0.3) is 20.9 Å². The van der Waals surface area contributed by atoms with E-state index in [1.54, 1.807) is 0 Å². The minimum atomic E-state index is -1.36. The van der Waals surface area contributed by atoms with Gasteiger partial charge in [-0.25, -0.2) is 0 Å². The third-order valence-electron chi connectivity index (χ3n) is 0.530. The maximum Gasteiger partial charge on any atom is 0.102 e. The molecule has 8 heteroatoms. The van der Waals surface area contributed by atoms with Crippen molar-refractivity contribution in [3.05, 3.63) is 20.9 Å². The lowest BCUT2D eigenvalue weighted by Crippen LogP contribution is -1.95. The van der Waals surface area contributed by atoms with Gasteiger partial charge < -0.3 is 0 Å². The first-order chi connectivity index (χ1) is 4.81. The van der Waals surface area contributed by atoms with Crippen LogP contribution in [0.3, 0.4) is 0 Å². The summed E-state index contributed by atoms with van der Waals surface area (Å²) in [5.74, 6) is -0.287. The van der Waals surface area contributed by atoms with Gasteiger partial charge in [0.1, 0.15) is 11.8 Å². The van der Waals surface area contributed by atoms with Crippen LogP contribution in [0.15, 0.2) is 10.2 Å². The standard InChI is InChI=1S/C2H4N6OS/c3-7-5-1-10(9)2-6-8-4/h1-2H2. The smallest absolute Gasteiger partial charge is 0.102 e. The molecule has 0 heterocycles. The molecule has 0 amide bonds. The molecule has 0 spiro atoms. The van der Waals surface area contributed by atoms with E-state index in [-0.39, 0.29) is 11.8 Å². The maximum absolute atomic E-state index is 10.5. The number of rotatable bonds is 4. The molecule has 0 aromatic heterocycles. The molecule has 0 aliphatic rings. The second-order valence-electron chi connectivity index (χ2n) is 1.16. The third-order valence-corrected chi connectivity index (χ3v) is 1.34. The molecule has 0 saturated carbocycles. The minimum Gasteiger partial charge on any atom is -0.259 e. The summed E-state index contributed by atoms with van der Waals surface area (Å²) >= 11 is 0.